The summed E-state index contributed by atoms with van der Waals surface area (Å²) >= 11 is 0. The molecule has 0 aliphatic carbocycles. The second-order valence-electron chi connectivity index (χ2n) is 6.23. The first kappa shape index (κ1) is 21.8. The minimum atomic E-state index is -0.0361. The van der Waals surface area contributed by atoms with Gasteiger partial charge in [-0.05, 0) is 31.0 Å². The Labute approximate surface area is 156 Å². The average molecular weight is 364 g/mol. The lowest BCUT2D eigenvalue weighted by Crippen LogP contribution is -2.43. The van der Waals surface area contributed by atoms with Crippen molar-refractivity contribution in [3.05, 3.63) is 29.8 Å². The number of carbonyl (C=O) groups is 1. The van der Waals surface area contributed by atoms with E-state index in [1.165, 1.54) is 4.90 Å². The Morgan fingerprint density at radius 2 is 1.96 bits per heavy atom. The van der Waals surface area contributed by atoms with Crippen LogP contribution in [0.4, 0.5) is 0 Å². The van der Waals surface area contributed by atoms with E-state index < -0.39 is 0 Å². The number of amides is 1. The predicted molar refractivity (Wildman–Crippen MR) is 105 cm³/mol. The van der Waals surface area contributed by atoms with Crippen molar-refractivity contribution in [3.8, 4) is 5.75 Å². The number of guanidine groups is 1. The van der Waals surface area contributed by atoms with Gasteiger partial charge in [0.2, 0.25) is 5.91 Å². The molecule has 7 heteroatoms. The van der Waals surface area contributed by atoms with E-state index in [9.17, 15) is 4.79 Å². The second-order valence-corrected chi connectivity index (χ2v) is 6.23. The molecule has 0 aromatic heterocycles. The smallest absolute Gasteiger partial charge is 0.243 e. The van der Waals surface area contributed by atoms with E-state index in [0.717, 1.165) is 17.7 Å². The Morgan fingerprint density at radius 1 is 1.27 bits per heavy atom. The Morgan fingerprint density at radius 3 is 2.54 bits per heavy atom. The number of methoxy groups -OCH3 is 1. The lowest BCUT2D eigenvalue weighted by Gasteiger charge is -2.17. The zero-order valence-corrected chi connectivity index (χ0v) is 16.5. The highest BCUT2D eigenvalue weighted by atomic mass is 16.5. The van der Waals surface area contributed by atoms with Gasteiger partial charge >= 0.3 is 0 Å². The summed E-state index contributed by atoms with van der Waals surface area (Å²) < 4.78 is 10.8. The summed E-state index contributed by atoms with van der Waals surface area (Å²) in [7, 11) is 5.09. The van der Waals surface area contributed by atoms with E-state index in [1.807, 2.05) is 24.3 Å². The van der Waals surface area contributed by atoms with E-state index in [0.29, 0.717) is 25.7 Å². The summed E-state index contributed by atoms with van der Waals surface area (Å²) in [5, 5.41) is 6.49. The molecule has 0 spiro atoms. The fraction of sp³-hybridized carbons (Fsp3) is 0.579. The highest BCUT2D eigenvalue weighted by molar-refractivity contribution is 5.84. The number of rotatable bonds is 10. The summed E-state index contributed by atoms with van der Waals surface area (Å²) in [4.78, 5) is 17.6. The fourth-order valence-electron chi connectivity index (χ4n) is 1.93. The molecule has 1 amide bonds. The number of carbonyl (C=O) groups excluding carboxylic acids is 1. The van der Waals surface area contributed by atoms with Gasteiger partial charge in [-0.3, -0.25) is 4.79 Å². The van der Waals surface area contributed by atoms with Crippen molar-refractivity contribution in [2.24, 2.45) is 4.99 Å². The molecule has 26 heavy (non-hydrogen) atoms. The zero-order valence-electron chi connectivity index (χ0n) is 16.5. The highest BCUT2D eigenvalue weighted by Crippen LogP contribution is 2.11. The third-order valence-corrected chi connectivity index (χ3v) is 3.83. The number of aliphatic imine (C=N–C) groups is 1. The van der Waals surface area contributed by atoms with Gasteiger partial charge < -0.3 is 25.0 Å². The first-order valence-corrected chi connectivity index (χ1v) is 8.92. The molecule has 0 radical (unpaired) electrons. The summed E-state index contributed by atoms with van der Waals surface area (Å²) in [6.45, 7) is 5.97. The first-order valence-electron chi connectivity index (χ1n) is 8.92. The molecule has 0 bridgehead atoms. The molecule has 146 valence electrons. The van der Waals surface area contributed by atoms with Crippen LogP contribution in [0, 0.1) is 0 Å². The number of nitrogens with zero attached hydrogens (tertiary/aromatic N) is 2. The number of nitrogens with one attached hydrogen (secondary N) is 2. The van der Waals surface area contributed by atoms with Crippen LogP contribution in [0.25, 0.3) is 0 Å². The third kappa shape index (κ3) is 8.71. The van der Waals surface area contributed by atoms with Gasteiger partial charge in [-0.1, -0.05) is 19.1 Å². The maximum absolute atomic E-state index is 11.7. The summed E-state index contributed by atoms with van der Waals surface area (Å²) in [6, 6.07) is 8.07. The molecular formula is C19H32N4O3. The molecule has 2 N–H and O–H groups in total. The Hall–Kier alpha value is -2.28. The molecule has 0 saturated heterocycles. The molecule has 1 aromatic rings. The molecule has 0 heterocycles. The number of hydrogen-bond acceptors (Lipinski definition) is 4. The van der Waals surface area contributed by atoms with Gasteiger partial charge in [0.05, 0.1) is 20.3 Å². The van der Waals surface area contributed by atoms with Gasteiger partial charge in [0.25, 0.3) is 0 Å². The maximum atomic E-state index is 11.7. The largest absolute Gasteiger partial charge is 0.497 e. The number of likely N-dealkylation sites (N-methyl/N-ethyl adjacent to an activating group) is 1. The molecule has 1 rings (SSSR count). The van der Waals surface area contributed by atoms with Crippen LogP contribution in [0.15, 0.2) is 29.3 Å². The summed E-state index contributed by atoms with van der Waals surface area (Å²) in [5.74, 6) is 1.42. The van der Waals surface area contributed by atoms with Gasteiger partial charge in [-0.25, -0.2) is 4.99 Å². The third-order valence-electron chi connectivity index (χ3n) is 3.83. The molecular weight excluding hydrogens is 332 g/mol. The van der Waals surface area contributed by atoms with Crippen molar-refractivity contribution in [2.75, 3.05) is 40.9 Å². The van der Waals surface area contributed by atoms with Crippen LogP contribution in [0.3, 0.4) is 0 Å². The molecule has 1 aromatic carbocycles. The average Bonchev–Trinajstić information content (AvgIpc) is 2.65. The van der Waals surface area contributed by atoms with Crippen LogP contribution < -0.4 is 15.4 Å². The Kier molecular flexibility index (Phi) is 10.2. The van der Waals surface area contributed by atoms with Gasteiger partial charge in [0, 0.05) is 26.7 Å². The van der Waals surface area contributed by atoms with Crippen molar-refractivity contribution in [3.63, 3.8) is 0 Å². The topological polar surface area (TPSA) is 75.2 Å². The van der Waals surface area contributed by atoms with Crippen LogP contribution >= 0.6 is 0 Å². The van der Waals surface area contributed by atoms with Crippen molar-refractivity contribution >= 4 is 11.9 Å². The monoisotopic (exact) mass is 364 g/mol. The van der Waals surface area contributed by atoms with Gasteiger partial charge in [-0.15, -0.1) is 0 Å². The predicted octanol–water partition coefficient (Wildman–Crippen LogP) is 1.63. The summed E-state index contributed by atoms with van der Waals surface area (Å²) in [6.07, 6.45) is 0.969. The SMILES string of the molecule is CCC(C)NC(=NCC(=O)N(C)C)NCCOCc1ccc(OC)cc1. The summed E-state index contributed by atoms with van der Waals surface area (Å²) in [5.41, 5.74) is 1.09. The van der Waals surface area contributed by atoms with E-state index in [-0.39, 0.29) is 18.5 Å². The maximum Gasteiger partial charge on any atom is 0.243 e. The van der Waals surface area contributed by atoms with Crippen molar-refractivity contribution < 1.29 is 14.3 Å². The normalized spacial score (nSPS) is 12.4. The fourth-order valence-corrected chi connectivity index (χ4v) is 1.93. The standard InChI is InChI=1S/C19H32N4O3/c1-6-15(2)22-19(21-13-18(24)23(3)4)20-11-12-26-14-16-7-9-17(25-5)10-8-16/h7-10,15H,6,11-14H2,1-5H3,(H2,20,21,22). The van der Waals surface area contributed by atoms with E-state index in [1.54, 1.807) is 21.2 Å². The molecule has 0 aliphatic heterocycles. The molecule has 7 nitrogen and oxygen atoms in total. The number of ether oxygens (including phenoxy) is 2. The Bertz CT molecular complexity index is 558. The van der Waals surface area contributed by atoms with Crippen LogP contribution in [-0.2, 0) is 16.1 Å². The number of benzene rings is 1. The van der Waals surface area contributed by atoms with Crippen LogP contribution in [-0.4, -0.2) is 63.7 Å². The van der Waals surface area contributed by atoms with Gasteiger partial charge in [0.15, 0.2) is 5.96 Å². The van der Waals surface area contributed by atoms with Gasteiger partial charge in [-0.2, -0.15) is 0 Å². The molecule has 0 saturated carbocycles. The number of hydrogen-bond donors (Lipinski definition) is 2. The highest BCUT2D eigenvalue weighted by Gasteiger charge is 2.06. The first-order chi connectivity index (χ1) is 12.5. The van der Waals surface area contributed by atoms with Gasteiger partial charge in [0.1, 0.15) is 12.3 Å². The molecule has 0 aliphatic rings. The zero-order chi connectivity index (χ0) is 19.4. The molecule has 1 unspecified atom stereocenters. The van der Waals surface area contributed by atoms with Crippen LogP contribution in [0.1, 0.15) is 25.8 Å². The van der Waals surface area contributed by atoms with Crippen molar-refractivity contribution in [1.29, 1.82) is 0 Å². The van der Waals surface area contributed by atoms with E-state index in [2.05, 4.69) is 29.5 Å². The quantitative estimate of drug-likeness (QED) is 0.375. The molecule has 1 atom stereocenters. The van der Waals surface area contributed by atoms with E-state index in [4.69, 9.17) is 9.47 Å². The van der Waals surface area contributed by atoms with Crippen molar-refractivity contribution in [1.82, 2.24) is 15.5 Å². The van der Waals surface area contributed by atoms with Crippen LogP contribution in [0.2, 0.25) is 0 Å². The van der Waals surface area contributed by atoms with Crippen molar-refractivity contribution in [2.45, 2.75) is 32.9 Å². The minimum absolute atomic E-state index is 0.0361. The minimum Gasteiger partial charge on any atom is -0.497 e. The van der Waals surface area contributed by atoms with Crippen LogP contribution in [0.5, 0.6) is 5.75 Å². The Balaban J connectivity index is 2.39. The lowest BCUT2D eigenvalue weighted by molar-refractivity contribution is -0.127. The van der Waals surface area contributed by atoms with E-state index >= 15 is 0 Å². The second kappa shape index (κ2) is 12.1. The molecule has 0 fully saturated rings. The lowest BCUT2D eigenvalue weighted by atomic mass is 10.2.